The summed E-state index contributed by atoms with van der Waals surface area (Å²) in [5.74, 6) is 0.0390. The number of fused-ring (bicyclic) bond motifs is 2. The van der Waals surface area contributed by atoms with Crippen LogP contribution in [0.25, 0.3) is 10.9 Å². The van der Waals surface area contributed by atoms with Gasteiger partial charge in [-0.3, -0.25) is 19.4 Å². The zero-order chi connectivity index (χ0) is 17.2. The van der Waals surface area contributed by atoms with Crippen LogP contribution in [0.3, 0.4) is 0 Å². The van der Waals surface area contributed by atoms with Gasteiger partial charge >= 0.3 is 0 Å². The van der Waals surface area contributed by atoms with Gasteiger partial charge in [0.1, 0.15) is 0 Å². The number of pyridine rings is 1. The van der Waals surface area contributed by atoms with Crippen molar-refractivity contribution in [3.05, 3.63) is 60.0 Å². The summed E-state index contributed by atoms with van der Waals surface area (Å²) in [6, 6.07) is 14.4. The molecule has 2 aromatic heterocycles. The van der Waals surface area contributed by atoms with Crippen molar-refractivity contribution in [1.29, 1.82) is 0 Å². The minimum atomic E-state index is 0.0390. The van der Waals surface area contributed by atoms with Crippen LogP contribution < -0.4 is 5.32 Å². The maximum absolute atomic E-state index is 11.8. The molecule has 3 aromatic rings. The summed E-state index contributed by atoms with van der Waals surface area (Å²) >= 11 is 0. The first-order valence-corrected chi connectivity index (χ1v) is 8.53. The van der Waals surface area contributed by atoms with Crippen LogP contribution in [0.4, 0.5) is 0 Å². The first-order chi connectivity index (χ1) is 12.2. The Morgan fingerprint density at radius 1 is 1.24 bits per heavy atom. The van der Waals surface area contributed by atoms with E-state index in [1.807, 2.05) is 35.1 Å². The fourth-order valence-corrected chi connectivity index (χ4v) is 3.48. The highest BCUT2D eigenvalue weighted by Gasteiger charge is 2.27. The van der Waals surface area contributed by atoms with Crippen LogP contribution in [-0.2, 0) is 17.9 Å². The molecule has 1 aliphatic heterocycles. The Kier molecular flexibility index (Phi) is 4.19. The highest BCUT2D eigenvalue weighted by molar-refractivity contribution is 5.78. The number of para-hydroxylation sites is 1. The van der Waals surface area contributed by atoms with E-state index in [-0.39, 0.29) is 11.9 Å². The van der Waals surface area contributed by atoms with Crippen LogP contribution >= 0.6 is 0 Å². The third-order valence-corrected chi connectivity index (χ3v) is 4.69. The molecule has 0 spiro atoms. The molecule has 128 valence electrons. The van der Waals surface area contributed by atoms with Gasteiger partial charge in [-0.1, -0.05) is 24.3 Å². The number of nitrogens with zero attached hydrogens (tertiary/aromatic N) is 4. The van der Waals surface area contributed by atoms with Gasteiger partial charge in [-0.25, -0.2) is 0 Å². The van der Waals surface area contributed by atoms with Crippen molar-refractivity contribution in [2.24, 2.45) is 0 Å². The van der Waals surface area contributed by atoms with Crippen LogP contribution in [-0.4, -0.2) is 39.2 Å². The second-order valence-corrected chi connectivity index (χ2v) is 6.46. The van der Waals surface area contributed by atoms with E-state index in [1.165, 1.54) is 0 Å². The largest absolute Gasteiger partial charge is 0.359 e. The SMILES string of the molecule is CNC(=O)C[C@H]1CN(Cc2ccc3ccccc3n2)Cc2ccnn21. The molecule has 0 fully saturated rings. The third kappa shape index (κ3) is 3.25. The fraction of sp³-hybridized carbons (Fsp3) is 0.316. The molecule has 1 aliphatic rings. The van der Waals surface area contributed by atoms with Gasteiger partial charge in [-0.05, 0) is 18.2 Å². The lowest BCUT2D eigenvalue weighted by Crippen LogP contribution is -2.39. The molecule has 1 N–H and O–H groups in total. The van der Waals surface area contributed by atoms with Gasteiger partial charge in [0.2, 0.25) is 5.91 Å². The molecule has 6 heteroatoms. The molecule has 3 heterocycles. The average Bonchev–Trinajstić information content (AvgIpc) is 3.10. The quantitative estimate of drug-likeness (QED) is 0.793. The van der Waals surface area contributed by atoms with Crippen molar-refractivity contribution in [3.8, 4) is 0 Å². The Morgan fingerprint density at radius 3 is 3.00 bits per heavy atom. The molecule has 1 aromatic carbocycles. The number of carbonyl (C=O) groups is 1. The predicted octanol–water partition coefficient (Wildman–Crippen LogP) is 2.12. The van der Waals surface area contributed by atoms with Crippen LogP contribution in [0.2, 0.25) is 0 Å². The van der Waals surface area contributed by atoms with E-state index in [0.717, 1.165) is 41.9 Å². The van der Waals surface area contributed by atoms with E-state index in [9.17, 15) is 4.79 Å². The highest BCUT2D eigenvalue weighted by atomic mass is 16.1. The van der Waals surface area contributed by atoms with Crippen LogP contribution in [0.15, 0.2) is 48.7 Å². The fourth-order valence-electron chi connectivity index (χ4n) is 3.48. The normalized spacial score (nSPS) is 17.4. The molecule has 0 bridgehead atoms. The maximum Gasteiger partial charge on any atom is 0.221 e. The molecule has 25 heavy (non-hydrogen) atoms. The van der Waals surface area contributed by atoms with Crippen molar-refractivity contribution in [2.45, 2.75) is 25.6 Å². The third-order valence-electron chi connectivity index (χ3n) is 4.69. The summed E-state index contributed by atoms with van der Waals surface area (Å²) in [4.78, 5) is 18.9. The van der Waals surface area contributed by atoms with E-state index < -0.39 is 0 Å². The summed E-state index contributed by atoms with van der Waals surface area (Å²) in [7, 11) is 1.67. The summed E-state index contributed by atoms with van der Waals surface area (Å²) in [5, 5.41) is 8.26. The van der Waals surface area contributed by atoms with Crippen molar-refractivity contribution in [2.75, 3.05) is 13.6 Å². The molecule has 1 amide bonds. The summed E-state index contributed by atoms with van der Waals surface area (Å²) in [5.41, 5.74) is 3.20. The van der Waals surface area contributed by atoms with E-state index in [0.29, 0.717) is 6.42 Å². The topological polar surface area (TPSA) is 63.1 Å². The molecule has 6 nitrogen and oxygen atoms in total. The number of amides is 1. The van der Waals surface area contributed by atoms with E-state index >= 15 is 0 Å². The zero-order valence-electron chi connectivity index (χ0n) is 14.2. The second-order valence-electron chi connectivity index (χ2n) is 6.46. The lowest BCUT2D eigenvalue weighted by molar-refractivity contribution is -0.121. The first kappa shape index (κ1) is 15.8. The monoisotopic (exact) mass is 335 g/mol. The van der Waals surface area contributed by atoms with Gasteiger partial charge in [0.15, 0.2) is 0 Å². The number of hydrogen-bond donors (Lipinski definition) is 1. The van der Waals surface area contributed by atoms with Gasteiger partial charge < -0.3 is 5.32 Å². The van der Waals surface area contributed by atoms with Crippen LogP contribution in [0, 0.1) is 0 Å². The molecule has 0 saturated carbocycles. The Labute approximate surface area is 146 Å². The summed E-state index contributed by atoms with van der Waals surface area (Å²) in [6.07, 6.45) is 2.25. The van der Waals surface area contributed by atoms with Gasteiger partial charge in [-0.2, -0.15) is 5.10 Å². The molecule has 1 atom stereocenters. The number of nitrogens with one attached hydrogen (secondary N) is 1. The van der Waals surface area contributed by atoms with Crippen molar-refractivity contribution in [1.82, 2.24) is 25.0 Å². The Morgan fingerprint density at radius 2 is 2.12 bits per heavy atom. The van der Waals surface area contributed by atoms with Gasteiger partial charge in [-0.15, -0.1) is 0 Å². The number of rotatable bonds is 4. The minimum Gasteiger partial charge on any atom is -0.359 e. The molecule has 0 radical (unpaired) electrons. The Balaban J connectivity index is 1.55. The van der Waals surface area contributed by atoms with Gasteiger partial charge in [0.05, 0.1) is 29.4 Å². The Hall–Kier alpha value is -2.73. The number of carbonyl (C=O) groups excluding carboxylic acids is 1. The first-order valence-electron chi connectivity index (χ1n) is 8.53. The molecule has 0 unspecified atom stereocenters. The Bertz CT molecular complexity index is 903. The predicted molar refractivity (Wildman–Crippen MR) is 95.8 cm³/mol. The van der Waals surface area contributed by atoms with E-state index in [4.69, 9.17) is 4.98 Å². The maximum atomic E-state index is 11.8. The second kappa shape index (κ2) is 6.64. The van der Waals surface area contributed by atoms with Crippen LogP contribution in [0.1, 0.15) is 23.9 Å². The van der Waals surface area contributed by atoms with Gasteiger partial charge in [0.25, 0.3) is 0 Å². The zero-order valence-corrected chi connectivity index (χ0v) is 14.2. The standard InChI is InChI=1S/C19H21N5O/c1-20-19(25)10-17-13-23(12-16-8-9-21-24(16)17)11-15-7-6-14-4-2-3-5-18(14)22-15/h2-9,17H,10-13H2,1H3,(H,20,25)/t17-/m0/s1. The molecular weight excluding hydrogens is 314 g/mol. The smallest absolute Gasteiger partial charge is 0.221 e. The number of benzene rings is 1. The van der Waals surface area contributed by atoms with Crippen LogP contribution in [0.5, 0.6) is 0 Å². The molecule has 4 rings (SSSR count). The minimum absolute atomic E-state index is 0.0390. The lowest BCUT2D eigenvalue weighted by atomic mass is 10.1. The van der Waals surface area contributed by atoms with E-state index in [1.54, 1.807) is 7.05 Å². The number of hydrogen-bond acceptors (Lipinski definition) is 4. The van der Waals surface area contributed by atoms with Crippen molar-refractivity contribution in [3.63, 3.8) is 0 Å². The summed E-state index contributed by atoms with van der Waals surface area (Å²) < 4.78 is 1.99. The summed E-state index contributed by atoms with van der Waals surface area (Å²) in [6.45, 7) is 2.37. The van der Waals surface area contributed by atoms with Gasteiger partial charge in [0, 0.05) is 38.3 Å². The van der Waals surface area contributed by atoms with Crippen molar-refractivity contribution < 1.29 is 4.79 Å². The highest BCUT2D eigenvalue weighted by Crippen LogP contribution is 2.24. The average molecular weight is 335 g/mol. The van der Waals surface area contributed by atoms with E-state index in [2.05, 4.69) is 33.5 Å². The molecule has 0 aliphatic carbocycles. The molecular formula is C19H21N5O. The van der Waals surface area contributed by atoms with Crippen molar-refractivity contribution >= 4 is 16.8 Å². The lowest BCUT2D eigenvalue weighted by Gasteiger charge is -2.33. The molecule has 0 saturated heterocycles. The number of aromatic nitrogens is 3.